The van der Waals surface area contributed by atoms with Crippen LogP contribution in [0.25, 0.3) is 0 Å². The summed E-state index contributed by atoms with van der Waals surface area (Å²) in [5.74, 6) is -0.646. The van der Waals surface area contributed by atoms with E-state index < -0.39 is 17.6 Å². The van der Waals surface area contributed by atoms with Gasteiger partial charge in [0.25, 0.3) is 0 Å². The van der Waals surface area contributed by atoms with Gasteiger partial charge in [-0.25, -0.2) is 9.37 Å². The molecule has 1 N–H and O–H groups in total. The Morgan fingerprint density at radius 1 is 1.10 bits per heavy atom. The number of nitrogens with zero attached hydrogens (tertiary/aromatic N) is 1. The van der Waals surface area contributed by atoms with Crippen LogP contribution in [0.1, 0.15) is 5.56 Å². The van der Waals surface area contributed by atoms with Gasteiger partial charge in [0.2, 0.25) is 0 Å². The largest absolute Gasteiger partial charge is 0.457 e. The first-order valence-electron chi connectivity index (χ1n) is 5.58. The highest BCUT2D eigenvalue weighted by molar-refractivity contribution is 5.42. The Bertz CT molecular complexity index is 614. The third kappa shape index (κ3) is 3.17. The number of nitrogens with one attached hydrogen (secondary N) is 1. The molecule has 7 heteroatoms. The van der Waals surface area contributed by atoms with Crippen LogP contribution in [0.3, 0.4) is 0 Å². The van der Waals surface area contributed by atoms with Crippen LogP contribution in [0.4, 0.5) is 23.4 Å². The van der Waals surface area contributed by atoms with Gasteiger partial charge in [0.1, 0.15) is 23.1 Å². The van der Waals surface area contributed by atoms with Crippen molar-refractivity contribution in [1.29, 1.82) is 0 Å². The molecule has 1 heterocycles. The van der Waals surface area contributed by atoms with Gasteiger partial charge in [-0.1, -0.05) is 0 Å². The summed E-state index contributed by atoms with van der Waals surface area (Å²) in [5.41, 5.74) is -1.36. The Labute approximate surface area is 112 Å². The molecule has 0 aliphatic heterocycles. The number of pyridine rings is 1. The second kappa shape index (κ2) is 5.36. The van der Waals surface area contributed by atoms with Crippen LogP contribution >= 0.6 is 0 Å². The van der Waals surface area contributed by atoms with Crippen molar-refractivity contribution < 1.29 is 22.3 Å². The summed E-state index contributed by atoms with van der Waals surface area (Å²) >= 11 is 0. The fourth-order valence-corrected chi connectivity index (χ4v) is 1.53. The van der Waals surface area contributed by atoms with Crippen LogP contribution in [0.5, 0.6) is 11.5 Å². The van der Waals surface area contributed by atoms with Gasteiger partial charge in [0, 0.05) is 19.3 Å². The highest BCUT2D eigenvalue weighted by Crippen LogP contribution is 2.34. The van der Waals surface area contributed by atoms with Crippen molar-refractivity contribution in [2.24, 2.45) is 0 Å². The number of rotatable bonds is 3. The van der Waals surface area contributed by atoms with E-state index in [1.165, 1.54) is 18.3 Å². The summed E-state index contributed by atoms with van der Waals surface area (Å²) in [6.45, 7) is 0. The molecule has 3 nitrogen and oxygen atoms in total. The molecule has 0 saturated carbocycles. The minimum absolute atomic E-state index is 0.105. The molecular formula is C13H10F4N2O. The summed E-state index contributed by atoms with van der Waals surface area (Å²) in [6, 6.07) is 5.46. The fraction of sp³-hybridized carbons (Fsp3) is 0.154. The van der Waals surface area contributed by atoms with Gasteiger partial charge < -0.3 is 10.1 Å². The Kier molecular flexibility index (Phi) is 3.78. The fourth-order valence-electron chi connectivity index (χ4n) is 1.53. The van der Waals surface area contributed by atoms with Crippen molar-refractivity contribution in [2.45, 2.75) is 6.18 Å². The van der Waals surface area contributed by atoms with E-state index in [1.54, 1.807) is 7.05 Å². The minimum atomic E-state index is -4.77. The third-order valence-corrected chi connectivity index (χ3v) is 2.47. The van der Waals surface area contributed by atoms with Gasteiger partial charge in [-0.15, -0.1) is 0 Å². The Morgan fingerprint density at radius 2 is 1.80 bits per heavy atom. The van der Waals surface area contributed by atoms with Crippen LogP contribution in [0.15, 0.2) is 36.5 Å². The van der Waals surface area contributed by atoms with Crippen LogP contribution in [-0.4, -0.2) is 12.0 Å². The lowest BCUT2D eigenvalue weighted by Crippen LogP contribution is -2.08. The molecule has 0 unspecified atom stereocenters. The first kappa shape index (κ1) is 14.1. The first-order chi connectivity index (χ1) is 9.40. The molecule has 0 bridgehead atoms. The smallest absolute Gasteiger partial charge is 0.419 e. The maximum atomic E-state index is 13.1. The molecule has 2 rings (SSSR count). The Balaban J connectivity index is 2.30. The normalized spacial score (nSPS) is 11.2. The topological polar surface area (TPSA) is 34.1 Å². The molecule has 0 fully saturated rings. The van der Waals surface area contributed by atoms with Crippen molar-refractivity contribution in [3.63, 3.8) is 0 Å². The molecular weight excluding hydrogens is 276 g/mol. The molecule has 0 atom stereocenters. The van der Waals surface area contributed by atoms with Crippen molar-refractivity contribution in [3.8, 4) is 11.5 Å². The predicted octanol–water partition coefficient (Wildman–Crippen LogP) is 4.07. The van der Waals surface area contributed by atoms with Crippen molar-refractivity contribution in [3.05, 3.63) is 47.9 Å². The SMILES string of the molecule is CNc1cc(Oc2ccc(F)c(C(F)(F)F)c2)ccn1. The lowest BCUT2D eigenvalue weighted by Gasteiger charge is -2.11. The second-order valence-electron chi connectivity index (χ2n) is 3.87. The number of aromatic nitrogens is 1. The maximum Gasteiger partial charge on any atom is 0.419 e. The molecule has 0 saturated heterocycles. The monoisotopic (exact) mass is 286 g/mol. The maximum absolute atomic E-state index is 13.1. The zero-order chi connectivity index (χ0) is 14.8. The standard InChI is InChI=1S/C13H10F4N2O/c1-18-12-7-9(4-5-19-12)20-8-2-3-11(14)10(6-8)13(15,16)17/h2-7H,1H3,(H,18,19). The zero-order valence-electron chi connectivity index (χ0n) is 10.3. The van der Waals surface area contributed by atoms with Crippen molar-refractivity contribution >= 4 is 5.82 Å². The molecule has 2 aromatic rings. The lowest BCUT2D eigenvalue weighted by atomic mass is 10.2. The van der Waals surface area contributed by atoms with E-state index in [2.05, 4.69) is 10.3 Å². The molecule has 0 aliphatic carbocycles. The van der Waals surface area contributed by atoms with Crippen LogP contribution < -0.4 is 10.1 Å². The summed E-state index contributed by atoms with van der Waals surface area (Å²) in [7, 11) is 1.64. The lowest BCUT2D eigenvalue weighted by molar-refractivity contribution is -0.140. The van der Waals surface area contributed by atoms with E-state index in [4.69, 9.17) is 4.74 Å². The number of hydrogen-bond donors (Lipinski definition) is 1. The molecule has 0 aliphatic rings. The molecule has 1 aromatic heterocycles. The molecule has 106 valence electrons. The highest BCUT2D eigenvalue weighted by Gasteiger charge is 2.34. The van der Waals surface area contributed by atoms with E-state index in [1.807, 2.05) is 0 Å². The average Bonchev–Trinajstić information content (AvgIpc) is 2.40. The Hall–Kier alpha value is -2.31. The highest BCUT2D eigenvalue weighted by atomic mass is 19.4. The summed E-state index contributed by atoms with van der Waals surface area (Å²) in [6.07, 6.45) is -3.33. The number of benzene rings is 1. The quantitative estimate of drug-likeness (QED) is 0.863. The number of ether oxygens (including phenoxy) is 1. The number of anilines is 1. The zero-order valence-corrected chi connectivity index (χ0v) is 10.3. The van der Waals surface area contributed by atoms with E-state index in [0.29, 0.717) is 17.6 Å². The second-order valence-corrected chi connectivity index (χ2v) is 3.87. The molecule has 0 spiro atoms. The first-order valence-corrected chi connectivity index (χ1v) is 5.58. The van der Waals surface area contributed by atoms with Crippen molar-refractivity contribution in [2.75, 3.05) is 12.4 Å². The van der Waals surface area contributed by atoms with Crippen molar-refractivity contribution in [1.82, 2.24) is 4.98 Å². The van der Waals surface area contributed by atoms with Crippen LogP contribution in [0.2, 0.25) is 0 Å². The molecule has 20 heavy (non-hydrogen) atoms. The Morgan fingerprint density at radius 3 is 2.45 bits per heavy atom. The van der Waals surface area contributed by atoms with E-state index in [0.717, 1.165) is 12.1 Å². The number of alkyl halides is 3. The molecule has 0 amide bonds. The molecule has 1 aromatic carbocycles. The van der Waals surface area contributed by atoms with E-state index in [9.17, 15) is 17.6 Å². The number of halogens is 4. The van der Waals surface area contributed by atoms with Gasteiger partial charge in [-0.05, 0) is 24.3 Å². The van der Waals surface area contributed by atoms with E-state index >= 15 is 0 Å². The predicted molar refractivity (Wildman–Crippen MR) is 65.3 cm³/mol. The van der Waals surface area contributed by atoms with Gasteiger partial charge >= 0.3 is 6.18 Å². The van der Waals surface area contributed by atoms with Crippen LogP contribution in [0, 0.1) is 5.82 Å². The van der Waals surface area contributed by atoms with Gasteiger partial charge in [-0.2, -0.15) is 13.2 Å². The third-order valence-electron chi connectivity index (χ3n) is 2.47. The van der Waals surface area contributed by atoms with Gasteiger partial charge in [-0.3, -0.25) is 0 Å². The van der Waals surface area contributed by atoms with Gasteiger partial charge in [0.15, 0.2) is 0 Å². The summed E-state index contributed by atoms with van der Waals surface area (Å²) in [4.78, 5) is 3.94. The van der Waals surface area contributed by atoms with E-state index in [-0.39, 0.29) is 5.75 Å². The average molecular weight is 286 g/mol. The van der Waals surface area contributed by atoms with Gasteiger partial charge in [0.05, 0.1) is 5.56 Å². The minimum Gasteiger partial charge on any atom is -0.457 e. The molecule has 0 radical (unpaired) electrons. The summed E-state index contributed by atoms with van der Waals surface area (Å²) in [5, 5.41) is 2.77. The number of hydrogen-bond acceptors (Lipinski definition) is 3. The summed E-state index contributed by atoms with van der Waals surface area (Å²) < 4.78 is 56.1. The van der Waals surface area contributed by atoms with Crippen LogP contribution in [-0.2, 0) is 6.18 Å².